The molecular weight excluding hydrogens is 212 g/mol. The van der Waals surface area contributed by atoms with Crippen LogP contribution in [0.15, 0.2) is 36.4 Å². The molecule has 2 heteroatoms. The fraction of sp³-hybridized carbons (Fsp3) is 0.200. The largest absolute Gasteiger partial charge is 0.504 e. The summed E-state index contributed by atoms with van der Waals surface area (Å²) in [5.41, 5.74) is 4.24. The van der Waals surface area contributed by atoms with E-state index < -0.39 is 0 Å². The molecule has 2 nitrogen and oxygen atoms in total. The van der Waals surface area contributed by atoms with E-state index in [1.807, 2.05) is 24.3 Å². The number of para-hydroxylation sites is 1. The van der Waals surface area contributed by atoms with Crippen molar-refractivity contribution >= 4 is 0 Å². The Morgan fingerprint density at radius 2 is 1.59 bits per heavy atom. The van der Waals surface area contributed by atoms with Crippen LogP contribution >= 0.6 is 0 Å². The van der Waals surface area contributed by atoms with E-state index in [1.54, 1.807) is 13.2 Å². The molecule has 0 atom stereocenters. The molecule has 17 heavy (non-hydrogen) atoms. The zero-order chi connectivity index (χ0) is 12.4. The second-order valence-electron chi connectivity index (χ2n) is 4.10. The van der Waals surface area contributed by atoms with Gasteiger partial charge in [0.05, 0.1) is 7.11 Å². The molecule has 0 aliphatic rings. The minimum absolute atomic E-state index is 0.198. The number of hydrogen-bond donors (Lipinski definition) is 1. The summed E-state index contributed by atoms with van der Waals surface area (Å²) in [5, 5.41) is 10.1. The first-order valence-corrected chi connectivity index (χ1v) is 5.57. The summed E-state index contributed by atoms with van der Waals surface area (Å²) in [6.45, 7) is 4.12. The van der Waals surface area contributed by atoms with Crippen LogP contribution < -0.4 is 4.74 Å². The average Bonchev–Trinajstić information content (AvgIpc) is 2.33. The number of ether oxygens (including phenoxy) is 1. The zero-order valence-electron chi connectivity index (χ0n) is 10.3. The molecule has 2 aromatic carbocycles. The fourth-order valence-corrected chi connectivity index (χ4v) is 1.95. The van der Waals surface area contributed by atoms with Gasteiger partial charge in [-0.2, -0.15) is 0 Å². The maximum atomic E-state index is 10.1. The van der Waals surface area contributed by atoms with Crippen molar-refractivity contribution < 1.29 is 9.84 Å². The molecule has 0 aliphatic carbocycles. The molecule has 0 radical (unpaired) electrons. The maximum Gasteiger partial charge on any atom is 0.165 e. The number of benzene rings is 2. The van der Waals surface area contributed by atoms with Gasteiger partial charge in [0.2, 0.25) is 0 Å². The molecule has 0 fully saturated rings. The summed E-state index contributed by atoms with van der Waals surface area (Å²) < 4.78 is 5.13. The first kappa shape index (κ1) is 11.5. The quantitative estimate of drug-likeness (QED) is 0.849. The fourth-order valence-electron chi connectivity index (χ4n) is 1.95. The molecule has 0 saturated heterocycles. The Hall–Kier alpha value is -1.96. The topological polar surface area (TPSA) is 29.5 Å². The Morgan fingerprint density at radius 1 is 0.941 bits per heavy atom. The number of aryl methyl sites for hydroxylation is 1. The minimum atomic E-state index is 0.198. The Balaban J connectivity index is 2.65. The van der Waals surface area contributed by atoms with Gasteiger partial charge in [-0.25, -0.2) is 0 Å². The lowest BCUT2D eigenvalue weighted by atomic mass is 9.96. The Bertz CT molecular complexity index is 545. The van der Waals surface area contributed by atoms with Crippen molar-refractivity contribution in [1.29, 1.82) is 0 Å². The van der Waals surface area contributed by atoms with Crippen LogP contribution in [0.4, 0.5) is 0 Å². The molecule has 0 bridgehead atoms. The average molecular weight is 228 g/mol. The van der Waals surface area contributed by atoms with Crippen molar-refractivity contribution in [2.45, 2.75) is 13.8 Å². The van der Waals surface area contributed by atoms with Crippen molar-refractivity contribution in [2.75, 3.05) is 7.11 Å². The number of hydrogen-bond acceptors (Lipinski definition) is 2. The van der Waals surface area contributed by atoms with Crippen LogP contribution in [-0.2, 0) is 0 Å². The van der Waals surface area contributed by atoms with Gasteiger partial charge in [0.25, 0.3) is 0 Å². The van der Waals surface area contributed by atoms with Gasteiger partial charge in [0, 0.05) is 5.56 Å². The van der Waals surface area contributed by atoms with E-state index in [2.05, 4.69) is 19.9 Å². The number of phenolic OH excluding ortho intramolecular Hbond substituents is 1. The van der Waals surface area contributed by atoms with Crippen molar-refractivity contribution in [1.82, 2.24) is 0 Å². The molecule has 0 amide bonds. The molecule has 0 aromatic heterocycles. The highest BCUT2D eigenvalue weighted by atomic mass is 16.5. The lowest BCUT2D eigenvalue weighted by molar-refractivity contribution is 0.374. The Morgan fingerprint density at radius 3 is 2.29 bits per heavy atom. The summed E-state index contributed by atoms with van der Waals surface area (Å²) in [4.78, 5) is 0. The van der Waals surface area contributed by atoms with Crippen LogP contribution in [0, 0.1) is 13.8 Å². The van der Waals surface area contributed by atoms with E-state index in [1.165, 1.54) is 11.1 Å². The van der Waals surface area contributed by atoms with Gasteiger partial charge in [0.1, 0.15) is 0 Å². The lowest BCUT2D eigenvalue weighted by Gasteiger charge is -2.12. The first-order valence-electron chi connectivity index (χ1n) is 5.57. The van der Waals surface area contributed by atoms with Crippen molar-refractivity contribution in [2.24, 2.45) is 0 Å². The first-order chi connectivity index (χ1) is 8.15. The zero-order valence-corrected chi connectivity index (χ0v) is 10.3. The summed E-state index contributed by atoms with van der Waals surface area (Å²) in [7, 11) is 1.56. The van der Waals surface area contributed by atoms with Crippen LogP contribution in [0.3, 0.4) is 0 Å². The van der Waals surface area contributed by atoms with Gasteiger partial charge < -0.3 is 9.84 Å². The molecule has 2 aromatic rings. The van der Waals surface area contributed by atoms with Crippen molar-refractivity contribution in [3.05, 3.63) is 47.5 Å². The second-order valence-corrected chi connectivity index (χ2v) is 4.10. The highest BCUT2D eigenvalue weighted by Gasteiger charge is 2.11. The van der Waals surface area contributed by atoms with E-state index in [0.29, 0.717) is 5.75 Å². The molecule has 88 valence electrons. The lowest BCUT2D eigenvalue weighted by Crippen LogP contribution is -1.90. The van der Waals surface area contributed by atoms with Crippen molar-refractivity contribution in [3.8, 4) is 22.6 Å². The SMILES string of the molecule is COc1cccc(-c2cccc(C)c2C)c1O. The van der Waals surface area contributed by atoms with Crippen LogP contribution in [0.25, 0.3) is 11.1 Å². The summed E-state index contributed by atoms with van der Waals surface area (Å²) in [6.07, 6.45) is 0. The second kappa shape index (κ2) is 4.50. The van der Waals surface area contributed by atoms with E-state index in [0.717, 1.165) is 11.1 Å². The van der Waals surface area contributed by atoms with Gasteiger partial charge >= 0.3 is 0 Å². The normalized spacial score (nSPS) is 10.3. The highest BCUT2D eigenvalue weighted by molar-refractivity contribution is 5.76. The standard InChI is InChI=1S/C15H16O2/c1-10-6-4-7-12(11(10)2)13-8-5-9-14(17-3)15(13)16/h4-9,16H,1-3H3. The van der Waals surface area contributed by atoms with Crippen LogP contribution in [0.5, 0.6) is 11.5 Å². The van der Waals surface area contributed by atoms with E-state index in [-0.39, 0.29) is 5.75 Å². The van der Waals surface area contributed by atoms with Crippen LogP contribution in [0.2, 0.25) is 0 Å². The van der Waals surface area contributed by atoms with Gasteiger partial charge in [-0.1, -0.05) is 30.3 Å². The monoisotopic (exact) mass is 228 g/mol. The van der Waals surface area contributed by atoms with E-state index in [4.69, 9.17) is 4.74 Å². The third-order valence-electron chi connectivity index (χ3n) is 3.11. The summed E-state index contributed by atoms with van der Waals surface area (Å²) in [5.74, 6) is 0.701. The Labute approximate surface area is 101 Å². The third-order valence-corrected chi connectivity index (χ3v) is 3.11. The van der Waals surface area contributed by atoms with Gasteiger partial charge in [-0.3, -0.25) is 0 Å². The van der Waals surface area contributed by atoms with Crippen LogP contribution in [-0.4, -0.2) is 12.2 Å². The number of rotatable bonds is 2. The number of aromatic hydroxyl groups is 1. The number of methoxy groups -OCH3 is 1. The molecule has 0 aliphatic heterocycles. The van der Waals surface area contributed by atoms with Gasteiger partial charge in [-0.15, -0.1) is 0 Å². The van der Waals surface area contributed by atoms with E-state index >= 15 is 0 Å². The number of phenols is 1. The molecule has 2 rings (SSSR count). The summed E-state index contributed by atoms with van der Waals surface area (Å²) in [6, 6.07) is 11.6. The predicted molar refractivity (Wildman–Crippen MR) is 69.6 cm³/mol. The molecule has 1 N–H and O–H groups in total. The molecule has 0 spiro atoms. The maximum absolute atomic E-state index is 10.1. The van der Waals surface area contributed by atoms with Crippen molar-refractivity contribution in [3.63, 3.8) is 0 Å². The Kier molecular flexibility index (Phi) is 3.05. The summed E-state index contributed by atoms with van der Waals surface area (Å²) >= 11 is 0. The molecule has 0 heterocycles. The third kappa shape index (κ3) is 1.98. The smallest absolute Gasteiger partial charge is 0.165 e. The van der Waals surface area contributed by atoms with Gasteiger partial charge in [0.15, 0.2) is 11.5 Å². The van der Waals surface area contributed by atoms with Gasteiger partial charge in [-0.05, 0) is 36.6 Å². The highest BCUT2D eigenvalue weighted by Crippen LogP contribution is 2.38. The van der Waals surface area contributed by atoms with Crippen LogP contribution in [0.1, 0.15) is 11.1 Å². The molecule has 0 saturated carbocycles. The minimum Gasteiger partial charge on any atom is -0.504 e. The van der Waals surface area contributed by atoms with E-state index in [9.17, 15) is 5.11 Å². The predicted octanol–water partition coefficient (Wildman–Crippen LogP) is 3.68. The molecule has 0 unspecified atom stereocenters. The molecular formula is C15H16O2.